The molecular formula is C14H26N2O4. The van der Waals surface area contributed by atoms with Crippen LogP contribution in [0.4, 0.5) is 4.79 Å². The number of ether oxygens (including phenoxy) is 1. The topological polar surface area (TPSA) is 78.9 Å². The normalized spacial score (nSPS) is 17.2. The lowest BCUT2D eigenvalue weighted by molar-refractivity contribution is -0.138. The molecule has 0 heterocycles. The van der Waals surface area contributed by atoms with Crippen molar-refractivity contribution in [1.82, 2.24) is 10.2 Å². The van der Waals surface area contributed by atoms with E-state index in [9.17, 15) is 9.59 Å². The summed E-state index contributed by atoms with van der Waals surface area (Å²) in [5, 5.41) is 11.9. The highest BCUT2D eigenvalue weighted by molar-refractivity contribution is 5.76. The molecule has 0 saturated heterocycles. The Hall–Kier alpha value is -1.30. The van der Waals surface area contributed by atoms with Gasteiger partial charge >= 0.3 is 12.0 Å². The number of hydrogen-bond donors (Lipinski definition) is 2. The molecule has 6 heteroatoms. The second-order valence-electron chi connectivity index (χ2n) is 5.83. The molecule has 0 aliphatic heterocycles. The number of carboxylic acids is 1. The molecule has 0 bridgehead atoms. The molecule has 1 saturated carbocycles. The number of rotatable bonds is 7. The van der Waals surface area contributed by atoms with E-state index in [2.05, 4.69) is 5.32 Å². The molecule has 1 rings (SSSR count). The lowest BCUT2D eigenvalue weighted by atomic mass is 9.93. The van der Waals surface area contributed by atoms with Crippen molar-refractivity contribution in [3.63, 3.8) is 0 Å². The molecular weight excluding hydrogens is 260 g/mol. The quantitative estimate of drug-likeness (QED) is 0.748. The molecule has 116 valence electrons. The first-order valence-corrected chi connectivity index (χ1v) is 7.21. The van der Waals surface area contributed by atoms with Gasteiger partial charge in [-0.3, -0.25) is 4.79 Å². The standard InChI is InChI=1S/C14H26N2O4/c1-11(2)20-9-8-16(3)13(19)15-14(10-12(17)18)6-4-5-7-14/h11H,4-10H2,1-3H3,(H,15,19)(H,17,18). The highest BCUT2D eigenvalue weighted by Crippen LogP contribution is 2.32. The Morgan fingerprint density at radius 1 is 1.35 bits per heavy atom. The summed E-state index contributed by atoms with van der Waals surface area (Å²) in [6.07, 6.45) is 3.54. The summed E-state index contributed by atoms with van der Waals surface area (Å²) < 4.78 is 5.41. The average Bonchev–Trinajstić information content (AvgIpc) is 2.75. The van der Waals surface area contributed by atoms with Gasteiger partial charge in [-0.1, -0.05) is 12.8 Å². The number of nitrogens with zero attached hydrogens (tertiary/aromatic N) is 1. The fourth-order valence-corrected chi connectivity index (χ4v) is 2.54. The Bertz CT molecular complexity index is 338. The van der Waals surface area contributed by atoms with Crippen LogP contribution in [0.3, 0.4) is 0 Å². The van der Waals surface area contributed by atoms with Crippen molar-refractivity contribution in [2.24, 2.45) is 0 Å². The fourth-order valence-electron chi connectivity index (χ4n) is 2.54. The van der Waals surface area contributed by atoms with E-state index in [-0.39, 0.29) is 18.6 Å². The third kappa shape index (κ3) is 5.36. The molecule has 1 aliphatic carbocycles. The van der Waals surface area contributed by atoms with E-state index in [1.807, 2.05) is 13.8 Å². The van der Waals surface area contributed by atoms with E-state index < -0.39 is 11.5 Å². The molecule has 2 N–H and O–H groups in total. The van der Waals surface area contributed by atoms with Crippen LogP contribution in [-0.4, -0.2) is 53.8 Å². The first kappa shape index (κ1) is 16.8. The van der Waals surface area contributed by atoms with Crippen molar-refractivity contribution in [3.8, 4) is 0 Å². The minimum atomic E-state index is -0.863. The number of likely N-dealkylation sites (N-methyl/N-ethyl adjacent to an activating group) is 1. The fraction of sp³-hybridized carbons (Fsp3) is 0.857. The van der Waals surface area contributed by atoms with Crippen molar-refractivity contribution in [2.45, 2.75) is 57.6 Å². The predicted molar refractivity (Wildman–Crippen MR) is 75.7 cm³/mol. The van der Waals surface area contributed by atoms with Crippen LogP contribution in [0, 0.1) is 0 Å². The summed E-state index contributed by atoms with van der Waals surface area (Å²) >= 11 is 0. The number of carbonyl (C=O) groups is 2. The molecule has 0 spiro atoms. The molecule has 6 nitrogen and oxygen atoms in total. The van der Waals surface area contributed by atoms with Crippen LogP contribution in [0.1, 0.15) is 46.0 Å². The van der Waals surface area contributed by atoms with Gasteiger partial charge in [-0.25, -0.2) is 4.79 Å². The van der Waals surface area contributed by atoms with Gasteiger partial charge in [-0.2, -0.15) is 0 Å². The van der Waals surface area contributed by atoms with Crippen LogP contribution in [0.25, 0.3) is 0 Å². The van der Waals surface area contributed by atoms with Crippen LogP contribution in [0.5, 0.6) is 0 Å². The summed E-state index contributed by atoms with van der Waals surface area (Å²) in [5.74, 6) is -0.863. The summed E-state index contributed by atoms with van der Waals surface area (Å²) in [7, 11) is 1.70. The molecule has 0 atom stereocenters. The number of nitrogens with one attached hydrogen (secondary N) is 1. The Balaban J connectivity index is 2.47. The smallest absolute Gasteiger partial charge is 0.317 e. The number of hydrogen-bond acceptors (Lipinski definition) is 3. The Morgan fingerprint density at radius 2 is 1.95 bits per heavy atom. The molecule has 20 heavy (non-hydrogen) atoms. The molecule has 0 aromatic carbocycles. The predicted octanol–water partition coefficient (Wildman–Crippen LogP) is 1.84. The molecule has 1 fully saturated rings. The van der Waals surface area contributed by atoms with Crippen LogP contribution in [0.2, 0.25) is 0 Å². The first-order chi connectivity index (χ1) is 9.34. The summed E-state index contributed by atoms with van der Waals surface area (Å²) in [4.78, 5) is 24.6. The van der Waals surface area contributed by atoms with Gasteiger partial charge in [0, 0.05) is 13.6 Å². The summed E-state index contributed by atoms with van der Waals surface area (Å²) in [6, 6.07) is -0.222. The number of carbonyl (C=O) groups excluding carboxylic acids is 1. The van der Waals surface area contributed by atoms with E-state index in [0.717, 1.165) is 25.7 Å². The maximum Gasteiger partial charge on any atom is 0.317 e. The minimum absolute atomic E-state index is 0.00489. The van der Waals surface area contributed by atoms with Crippen LogP contribution in [0.15, 0.2) is 0 Å². The first-order valence-electron chi connectivity index (χ1n) is 7.21. The van der Waals surface area contributed by atoms with Crippen molar-refractivity contribution >= 4 is 12.0 Å². The SMILES string of the molecule is CC(C)OCCN(C)C(=O)NC1(CC(=O)O)CCCC1. The molecule has 0 aromatic rings. The number of carboxylic acid groups (broad SMARTS) is 1. The Kier molecular flexibility index (Phi) is 6.26. The third-order valence-electron chi connectivity index (χ3n) is 3.65. The van der Waals surface area contributed by atoms with Crippen molar-refractivity contribution < 1.29 is 19.4 Å². The Labute approximate surface area is 120 Å². The van der Waals surface area contributed by atoms with Gasteiger partial charge in [0.25, 0.3) is 0 Å². The van der Waals surface area contributed by atoms with E-state index >= 15 is 0 Å². The summed E-state index contributed by atoms with van der Waals surface area (Å²) in [6.45, 7) is 4.86. The van der Waals surface area contributed by atoms with Gasteiger partial charge in [-0.15, -0.1) is 0 Å². The number of amides is 2. The van der Waals surface area contributed by atoms with Gasteiger partial charge in [0.15, 0.2) is 0 Å². The average molecular weight is 286 g/mol. The van der Waals surface area contributed by atoms with Crippen LogP contribution >= 0.6 is 0 Å². The van der Waals surface area contributed by atoms with Crippen molar-refractivity contribution in [2.75, 3.05) is 20.2 Å². The van der Waals surface area contributed by atoms with Gasteiger partial charge in [0.1, 0.15) is 0 Å². The maximum absolute atomic E-state index is 12.1. The molecule has 0 unspecified atom stereocenters. The highest BCUT2D eigenvalue weighted by Gasteiger charge is 2.38. The second kappa shape index (κ2) is 7.47. The van der Waals surface area contributed by atoms with E-state index in [1.54, 1.807) is 11.9 Å². The Morgan fingerprint density at radius 3 is 2.45 bits per heavy atom. The van der Waals surface area contributed by atoms with E-state index in [4.69, 9.17) is 9.84 Å². The molecule has 0 radical (unpaired) electrons. The van der Waals surface area contributed by atoms with Crippen LogP contribution < -0.4 is 5.32 Å². The number of aliphatic carboxylic acids is 1. The van der Waals surface area contributed by atoms with Gasteiger partial charge in [0.05, 0.1) is 24.7 Å². The largest absolute Gasteiger partial charge is 0.481 e. The zero-order valence-electron chi connectivity index (χ0n) is 12.6. The molecule has 0 aromatic heterocycles. The zero-order chi connectivity index (χ0) is 15.2. The van der Waals surface area contributed by atoms with Gasteiger partial charge in [0.2, 0.25) is 0 Å². The monoisotopic (exact) mass is 286 g/mol. The summed E-state index contributed by atoms with van der Waals surface area (Å²) in [5.41, 5.74) is -0.573. The van der Waals surface area contributed by atoms with Gasteiger partial charge in [-0.05, 0) is 26.7 Å². The second-order valence-corrected chi connectivity index (χ2v) is 5.83. The maximum atomic E-state index is 12.1. The van der Waals surface area contributed by atoms with E-state index in [0.29, 0.717) is 13.2 Å². The number of urea groups is 1. The van der Waals surface area contributed by atoms with Crippen LogP contribution in [-0.2, 0) is 9.53 Å². The molecule has 2 amide bonds. The van der Waals surface area contributed by atoms with Gasteiger partial charge < -0.3 is 20.1 Å². The molecule has 1 aliphatic rings. The third-order valence-corrected chi connectivity index (χ3v) is 3.65. The van der Waals surface area contributed by atoms with Crippen molar-refractivity contribution in [3.05, 3.63) is 0 Å². The van der Waals surface area contributed by atoms with Crippen molar-refractivity contribution in [1.29, 1.82) is 0 Å². The lowest BCUT2D eigenvalue weighted by Gasteiger charge is -2.31. The zero-order valence-corrected chi connectivity index (χ0v) is 12.6. The highest BCUT2D eigenvalue weighted by atomic mass is 16.5. The lowest BCUT2D eigenvalue weighted by Crippen LogP contribution is -2.52. The minimum Gasteiger partial charge on any atom is -0.481 e. The van der Waals surface area contributed by atoms with E-state index in [1.165, 1.54) is 0 Å².